The molecule has 4 heterocycles. The maximum Gasteiger partial charge on any atom is 0.272 e. The number of nitrogens with one attached hydrogen (secondary N) is 1. The Bertz CT molecular complexity index is 1690. The van der Waals surface area contributed by atoms with Gasteiger partial charge in [-0.1, -0.05) is 24.3 Å². The van der Waals surface area contributed by atoms with E-state index in [1.807, 2.05) is 17.0 Å². The van der Waals surface area contributed by atoms with Crippen LogP contribution < -0.4 is 11.3 Å². The molecule has 48 heavy (non-hydrogen) atoms. The van der Waals surface area contributed by atoms with Crippen LogP contribution in [0.25, 0.3) is 10.8 Å². The summed E-state index contributed by atoms with van der Waals surface area (Å²) in [5, 5.41) is 7.97. The number of benzene rings is 2. The number of aromatic nitrogens is 2. The summed E-state index contributed by atoms with van der Waals surface area (Å²) in [4.78, 5) is 60.8. The second kappa shape index (κ2) is 14.9. The van der Waals surface area contributed by atoms with Crippen molar-refractivity contribution in [2.24, 2.45) is 11.7 Å². The van der Waals surface area contributed by atoms with Crippen molar-refractivity contribution in [1.82, 2.24) is 34.7 Å². The molecule has 0 bridgehead atoms. The van der Waals surface area contributed by atoms with Gasteiger partial charge in [0.1, 0.15) is 5.82 Å². The number of piperazine rings is 2. The fraction of sp³-hybridized carbons (Fsp3) is 0.514. The molecule has 0 unspecified atom stereocenters. The van der Waals surface area contributed by atoms with Crippen molar-refractivity contribution in [2.75, 3.05) is 78.5 Å². The summed E-state index contributed by atoms with van der Waals surface area (Å²) in [6.45, 7) is 9.55. The number of rotatable bonds is 8. The Morgan fingerprint density at radius 2 is 1.52 bits per heavy atom. The van der Waals surface area contributed by atoms with Gasteiger partial charge in [-0.05, 0) is 62.5 Å². The summed E-state index contributed by atoms with van der Waals surface area (Å²) in [6.07, 6.45) is 2.40. The molecule has 2 aromatic carbocycles. The number of carbonyl (C=O) groups is 3. The van der Waals surface area contributed by atoms with Gasteiger partial charge in [-0.25, -0.2) is 9.49 Å². The Hall–Kier alpha value is -4.20. The average Bonchev–Trinajstić information content (AvgIpc) is 3.11. The minimum absolute atomic E-state index is 0.00981. The second-order valence-electron chi connectivity index (χ2n) is 13.3. The second-order valence-corrected chi connectivity index (χ2v) is 13.3. The normalized spacial score (nSPS) is 19.1. The Balaban J connectivity index is 0.953. The number of piperidine rings is 1. The SMILES string of the molecule is C[C@@H](N)C(=O)N1CCN(CC2CCN(CC(=O)N3CCN(C(=O)c4cc(Cc5n[nH]c(=O)c6ccccc56)ccc4F)CC3)CC2)CC1. The first-order chi connectivity index (χ1) is 23.2. The lowest BCUT2D eigenvalue weighted by atomic mass is 9.96. The molecule has 3 saturated heterocycles. The first-order valence-electron chi connectivity index (χ1n) is 17.0. The fourth-order valence-corrected chi connectivity index (χ4v) is 7.10. The van der Waals surface area contributed by atoms with E-state index in [0.717, 1.165) is 58.7 Å². The van der Waals surface area contributed by atoms with Crippen molar-refractivity contribution in [3.8, 4) is 0 Å². The molecule has 13 heteroatoms. The summed E-state index contributed by atoms with van der Waals surface area (Å²) >= 11 is 0. The van der Waals surface area contributed by atoms with Gasteiger partial charge in [-0.3, -0.25) is 29.0 Å². The highest BCUT2D eigenvalue weighted by Crippen LogP contribution is 2.22. The van der Waals surface area contributed by atoms with Crippen LogP contribution in [0.5, 0.6) is 0 Å². The standard InChI is InChI=1S/C35H45FN8O4/c1-24(37)34(47)43-14-12-41(13-15-43)22-25-8-10-40(11-9-25)23-32(45)42-16-18-44(19-17-42)35(48)29-20-26(6-7-30(29)36)21-31-27-4-2-3-5-28(27)33(46)39-38-31/h2-7,20,24-25H,8-19,21-23,37H2,1H3,(H,39,46)/t24-/m1/s1. The molecule has 3 aliphatic rings. The van der Waals surface area contributed by atoms with Crippen LogP contribution >= 0.6 is 0 Å². The Labute approximate surface area is 279 Å². The molecule has 1 aromatic heterocycles. The van der Waals surface area contributed by atoms with Crippen LogP contribution in [0.3, 0.4) is 0 Å². The molecule has 1 atom stereocenters. The first kappa shape index (κ1) is 33.7. The average molecular weight is 661 g/mol. The van der Waals surface area contributed by atoms with Crippen LogP contribution in [-0.2, 0) is 16.0 Å². The molecule has 3 N–H and O–H groups in total. The van der Waals surface area contributed by atoms with Gasteiger partial charge < -0.3 is 20.4 Å². The van der Waals surface area contributed by atoms with Gasteiger partial charge in [-0.15, -0.1) is 0 Å². The number of nitrogens with zero attached hydrogens (tertiary/aromatic N) is 6. The minimum Gasteiger partial charge on any atom is -0.339 e. The van der Waals surface area contributed by atoms with Crippen molar-refractivity contribution in [1.29, 1.82) is 0 Å². The number of carbonyl (C=O) groups excluding carboxylic acids is 3. The van der Waals surface area contributed by atoms with Crippen LogP contribution in [0.1, 0.15) is 41.4 Å². The van der Waals surface area contributed by atoms with E-state index in [9.17, 15) is 23.6 Å². The van der Waals surface area contributed by atoms with Gasteiger partial charge in [0, 0.05) is 70.7 Å². The molecule has 0 radical (unpaired) electrons. The minimum atomic E-state index is -0.594. The zero-order valence-corrected chi connectivity index (χ0v) is 27.6. The number of hydrogen-bond donors (Lipinski definition) is 2. The number of hydrogen-bond acceptors (Lipinski definition) is 8. The highest BCUT2D eigenvalue weighted by Gasteiger charge is 2.30. The lowest BCUT2D eigenvalue weighted by molar-refractivity contribution is -0.135. The molecule has 0 spiro atoms. The predicted octanol–water partition coefficient (Wildman–Crippen LogP) is 1.14. The van der Waals surface area contributed by atoms with Gasteiger partial charge in [0.25, 0.3) is 11.5 Å². The third kappa shape index (κ3) is 7.74. The third-order valence-electron chi connectivity index (χ3n) is 9.98. The molecule has 0 saturated carbocycles. The summed E-state index contributed by atoms with van der Waals surface area (Å²) in [5.41, 5.74) is 6.81. The van der Waals surface area contributed by atoms with Crippen LogP contribution in [0.4, 0.5) is 4.39 Å². The third-order valence-corrected chi connectivity index (χ3v) is 9.98. The van der Waals surface area contributed by atoms with Gasteiger partial charge in [0.05, 0.1) is 29.2 Å². The van der Waals surface area contributed by atoms with Gasteiger partial charge in [0.2, 0.25) is 11.8 Å². The lowest BCUT2D eigenvalue weighted by Crippen LogP contribution is -2.54. The van der Waals surface area contributed by atoms with E-state index in [0.29, 0.717) is 67.1 Å². The highest BCUT2D eigenvalue weighted by atomic mass is 19.1. The van der Waals surface area contributed by atoms with E-state index in [1.54, 1.807) is 41.0 Å². The highest BCUT2D eigenvalue weighted by molar-refractivity contribution is 5.95. The fourth-order valence-electron chi connectivity index (χ4n) is 7.10. The molecule has 256 valence electrons. The smallest absolute Gasteiger partial charge is 0.272 e. The predicted molar refractivity (Wildman–Crippen MR) is 180 cm³/mol. The zero-order chi connectivity index (χ0) is 33.8. The van der Waals surface area contributed by atoms with E-state index < -0.39 is 17.8 Å². The quantitative estimate of drug-likeness (QED) is 0.367. The molecule has 3 aromatic rings. The van der Waals surface area contributed by atoms with Crippen LogP contribution in [0, 0.1) is 11.7 Å². The van der Waals surface area contributed by atoms with E-state index in [1.165, 1.54) is 6.07 Å². The van der Waals surface area contributed by atoms with Gasteiger partial charge in [0.15, 0.2) is 0 Å². The molecule has 3 aliphatic heterocycles. The number of nitrogens with two attached hydrogens (primary N) is 1. The van der Waals surface area contributed by atoms with Crippen molar-refractivity contribution in [3.63, 3.8) is 0 Å². The molecule has 0 aliphatic carbocycles. The molecule has 12 nitrogen and oxygen atoms in total. The molecule has 3 amide bonds. The van der Waals surface area contributed by atoms with E-state index in [-0.39, 0.29) is 22.9 Å². The number of H-pyrrole nitrogens is 1. The van der Waals surface area contributed by atoms with E-state index >= 15 is 0 Å². The number of likely N-dealkylation sites (tertiary alicyclic amines) is 1. The van der Waals surface area contributed by atoms with Crippen LogP contribution in [0.2, 0.25) is 0 Å². The lowest BCUT2D eigenvalue weighted by Gasteiger charge is -2.40. The summed E-state index contributed by atoms with van der Waals surface area (Å²) < 4.78 is 14.9. The number of amides is 3. The maximum atomic E-state index is 14.9. The maximum absolute atomic E-state index is 14.9. The topological polar surface area (TPSA) is 139 Å². The number of fused-ring (bicyclic) bond motifs is 1. The first-order valence-corrected chi connectivity index (χ1v) is 17.0. The number of aromatic amines is 1. The Morgan fingerprint density at radius 3 is 2.21 bits per heavy atom. The number of halogens is 1. The summed E-state index contributed by atoms with van der Waals surface area (Å²) in [5.74, 6) is -0.336. The molecular formula is C35H45FN8O4. The van der Waals surface area contributed by atoms with E-state index in [2.05, 4.69) is 20.0 Å². The molecular weight excluding hydrogens is 615 g/mol. The summed E-state index contributed by atoms with van der Waals surface area (Å²) in [6, 6.07) is 11.2. The Kier molecular flexibility index (Phi) is 10.5. The van der Waals surface area contributed by atoms with Crippen LogP contribution in [0.15, 0.2) is 47.3 Å². The largest absolute Gasteiger partial charge is 0.339 e. The van der Waals surface area contributed by atoms with E-state index in [4.69, 9.17) is 5.73 Å². The monoisotopic (exact) mass is 660 g/mol. The van der Waals surface area contributed by atoms with Crippen molar-refractivity contribution in [3.05, 3.63) is 75.5 Å². The Morgan fingerprint density at radius 1 is 0.875 bits per heavy atom. The zero-order valence-electron chi connectivity index (χ0n) is 27.6. The van der Waals surface area contributed by atoms with Crippen molar-refractivity contribution >= 4 is 28.5 Å². The summed E-state index contributed by atoms with van der Waals surface area (Å²) in [7, 11) is 0. The van der Waals surface area contributed by atoms with Crippen molar-refractivity contribution in [2.45, 2.75) is 32.2 Å². The molecule has 6 rings (SSSR count). The van der Waals surface area contributed by atoms with Gasteiger partial charge in [-0.2, -0.15) is 5.10 Å². The molecule has 3 fully saturated rings. The van der Waals surface area contributed by atoms with Gasteiger partial charge >= 0.3 is 0 Å². The van der Waals surface area contributed by atoms with Crippen LogP contribution in [-0.4, -0.2) is 137 Å². The van der Waals surface area contributed by atoms with Crippen molar-refractivity contribution < 1.29 is 18.8 Å².